The molecule has 1 unspecified atom stereocenters. The van der Waals surface area contributed by atoms with Crippen molar-refractivity contribution in [3.05, 3.63) is 23.8 Å². The minimum absolute atomic E-state index is 0.0950. The molecule has 112 valence electrons. The summed E-state index contributed by atoms with van der Waals surface area (Å²) in [6.07, 6.45) is -0.455. The van der Waals surface area contributed by atoms with E-state index in [1.54, 1.807) is 18.8 Å². The first-order chi connectivity index (χ1) is 9.13. The largest absolute Gasteiger partial charge is 0.453 e. The van der Waals surface area contributed by atoms with Crippen LogP contribution in [-0.2, 0) is 14.7 Å². The monoisotopic (exact) mass is 298 g/mol. The second-order valence-electron chi connectivity index (χ2n) is 5.85. The minimum atomic E-state index is -2.65. The molecule has 0 radical (unpaired) electrons. The molecule has 0 saturated heterocycles. The lowest BCUT2D eigenvalue weighted by Gasteiger charge is -2.28. The number of nitrogens with one attached hydrogen (secondary N) is 1. The third-order valence-corrected chi connectivity index (χ3v) is 5.16. The van der Waals surface area contributed by atoms with Crippen LogP contribution in [0.4, 0.5) is 10.5 Å². The van der Waals surface area contributed by atoms with Gasteiger partial charge in [0.1, 0.15) is 7.14 Å². The van der Waals surface area contributed by atoms with E-state index in [1.807, 2.05) is 26.8 Å². The molecular weight excluding hydrogens is 275 g/mol. The van der Waals surface area contributed by atoms with Crippen molar-refractivity contribution in [2.45, 2.75) is 26.2 Å². The Hall–Kier alpha value is -1.32. The van der Waals surface area contributed by atoms with Crippen molar-refractivity contribution in [2.75, 3.05) is 25.4 Å². The van der Waals surface area contributed by atoms with Gasteiger partial charge >= 0.3 is 6.09 Å². The van der Waals surface area contributed by atoms with Crippen LogP contribution >= 0.6 is 7.14 Å². The highest BCUT2D eigenvalue weighted by atomic mass is 31.2. The highest BCUT2D eigenvalue weighted by molar-refractivity contribution is 7.70. The standard InChI is InChI=1S/C14H23N2O3P/c1-14(2,3)12-10(16-13(17)19-4)7-6-8-11(12)20(5,18)9-15/h6-8H,9,15H2,1-5H3,(H,16,17). The molecule has 20 heavy (non-hydrogen) atoms. The van der Waals surface area contributed by atoms with E-state index < -0.39 is 13.2 Å². The molecule has 1 rings (SSSR count). The zero-order valence-electron chi connectivity index (χ0n) is 12.7. The average molecular weight is 298 g/mol. The predicted molar refractivity (Wildman–Crippen MR) is 83.4 cm³/mol. The molecule has 5 nitrogen and oxygen atoms in total. The zero-order valence-corrected chi connectivity index (χ0v) is 13.6. The van der Waals surface area contributed by atoms with E-state index in [0.717, 1.165) is 5.56 Å². The second kappa shape index (κ2) is 5.98. The molecule has 6 heteroatoms. The summed E-state index contributed by atoms with van der Waals surface area (Å²) in [7, 11) is -1.35. The first kappa shape index (κ1) is 16.7. The molecule has 0 bridgehead atoms. The first-order valence-corrected chi connectivity index (χ1v) is 8.73. The summed E-state index contributed by atoms with van der Waals surface area (Å²) < 4.78 is 17.3. The highest BCUT2D eigenvalue weighted by Crippen LogP contribution is 2.43. The van der Waals surface area contributed by atoms with Crippen LogP contribution in [0, 0.1) is 0 Å². The Labute approximate surface area is 120 Å². The van der Waals surface area contributed by atoms with Crippen molar-refractivity contribution in [1.82, 2.24) is 0 Å². The maximum Gasteiger partial charge on any atom is 0.411 e. The van der Waals surface area contributed by atoms with Gasteiger partial charge in [-0.05, 0) is 23.7 Å². The van der Waals surface area contributed by atoms with E-state index in [1.165, 1.54) is 7.11 Å². The van der Waals surface area contributed by atoms with Crippen LogP contribution in [0.1, 0.15) is 26.3 Å². The zero-order chi connectivity index (χ0) is 15.6. The topological polar surface area (TPSA) is 81.4 Å². The third-order valence-electron chi connectivity index (χ3n) is 3.07. The van der Waals surface area contributed by atoms with Gasteiger partial charge in [0.05, 0.1) is 13.4 Å². The molecule has 0 aliphatic rings. The number of nitrogens with two attached hydrogens (primary N) is 1. The van der Waals surface area contributed by atoms with E-state index in [4.69, 9.17) is 5.73 Å². The Balaban J connectivity index is 3.51. The SMILES string of the molecule is COC(=O)Nc1cccc(P(C)(=O)CN)c1C(C)(C)C. The van der Waals surface area contributed by atoms with Crippen molar-refractivity contribution in [1.29, 1.82) is 0 Å². The van der Waals surface area contributed by atoms with Crippen LogP contribution in [0.5, 0.6) is 0 Å². The average Bonchev–Trinajstić information content (AvgIpc) is 2.37. The Morgan fingerprint density at radius 3 is 2.45 bits per heavy atom. The van der Waals surface area contributed by atoms with Gasteiger partial charge in [-0.25, -0.2) is 4.79 Å². The lowest BCUT2D eigenvalue weighted by atomic mass is 9.85. The molecule has 0 saturated carbocycles. The molecule has 0 aromatic heterocycles. The first-order valence-electron chi connectivity index (χ1n) is 6.39. The Morgan fingerprint density at radius 2 is 2.00 bits per heavy atom. The van der Waals surface area contributed by atoms with Crippen LogP contribution in [-0.4, -0.2) is 26.2 Å². The smallest absolute Gasteiger partial charge is 0.411 e. The highest BCUT2D eigenvalue weighted by Gasteiger charge is 2.29. The number of hydrogen-bond donors (Lipinski definition) is 2. The fraction of sp³-hybridized carbons (Fsp3) is 0.500. The number of carbonyl (C=O) groups is 1. The van der Waals surface area contributed by atoms with Gasteiger partial charge in [0, 0.05) is 11.0 Å². The normalized spacial score (nSPS) is 14.5. The molecule has 1 aromatic rings. The van der Waals surface area contributed by atoms with Crippen LogP contribution < -0.4 is 16.4 Å². The molecule has 3 N–H and O–H groups in total. The third kappa shape index (κ3) is 3.62. The molecule has 0 aliphatic carbocycles. The Bertz CT molecular complexity index is 550. The van der Waals surface area contributed by atoms with E-state index >= 15 is 0 Å². The van der Waals surface area contributed by atoms with Crippen molar-refractivity contribution in [3.8, 4) is 0 Å². The van der Waals surface area contributed by atoms with Gasteiger partial charge in [-0.1, -0.05) is 32.9 Å². The molecule has 1 atom stereocenters. The van der Waals surface area contributed by atoms with E-state index in [0.29, 0.717) is 11.0 Å². The molecule has 1 amide bonds. The molecular formula is C14H23N2O3P. The molecule has 0 spiro atoms. The van der Waals surface area contributed by atoms with Gasteiger partial charge < -0.3 is 15.0 Å². The Kier molecular flexibility index (Phi) is 5.00. The summed E-state index contributed by atoms with van der Waals surface area (Å²) in [4.78, 5) is 11.5. The number of carbonyl (C=O) groups excluding carboxylic acids is 1. The number of anilines is 1. The Morgan fingerprint density at radius 1 is 1.40 bits per heavy atom. The summed E-state index contributed by atoms with van der Waals surface area (Å²) in [6, 6.07) is 5.36. The number of rotatable bonds is 3. The van der Waals surface area contributed by atoms with Crippen molar-refractivity contribution >= 4 is 24.2 Å². The summed E-state index contributed by atoms with van der Waals surface area (Å²) in [5, 5.41) is 3.39. The number of amides is 1. The molecule has 1 aromatic carbocycles. The van der Waals surface area contributed by atoms with Crippen molar-refractivity contribution in [3.63, 3.8) is 0 Å². The quantitative estimate of drug-likeness (QED) is 0.841. The molecule has 0 aliphatic heterocycles. The maximum atomic E-state index is 12.7. The van der Waals surface area contributed by atoms with Gasteiger partial charge in [0.15, 0.2) is 0 Å². The fourth-order valence-corrected chi connectivity index (χ4v) is 3.61. The van der Waals surface area contributed by atoms with Crippen LogP contribution in [0.3, 0.4) is 0 Å². The van der Waals surface area contributed by atoms with E-state index in [2.05, 4.69) is 10.1 Å². The minimum Gasteiger partial charge on any atom is -0.453 e. The van der Waals surface area contributed by atoms with Gasteiger partial charge in [-0.3, -0.25) is 5.32 Å². The fourth-order valence-electron chi connectivity index (χ4n) is 2.09. The summed E-state index contributed by atoms with van der Waals surface area (Å²) in [5.41, 5.74) is 6.81. The number of hydrogen-bond acceptors (Lipinski definition) is 4. The number of ether oxygens (including phenoxy) is 1. The van der Waals surface area contributed by atoms with Gasteiger partial charge in [-0.15, -0.1) is 0 Å². The van der Waals surface area contributed by atoms with Gasteiger partial charge in [0.2, 0.25) is 0 Å². The predicted octanol–water partition coefficient (Wildman–Crippen LogP) is 2.70. The summed E-state index contributed by atoms with van der Waals surface area (Å²) >= 11 is 0. The van der Waals surface area contributed by atoms with Crippen LogP contribution in [0.25, 0.3) is 0 Å². The number of benzene rings is 1. The van der Waals surface area contributed by atoms with Gasteiger partial charge in [0.25, 0.3) is 0 Å². The van der Waals surface area contributed by atoms with Crippen LogP contribution in [0.2, 0.25) is 0 Å². The van der Waals surface area contributed by atoms with Crippen molar-refractivity contribution < 1.29 is 14.1 Å². The lowest BCUT2D eigenvalue weighted by molar-refractivity contribution is 0.187. The van der Waals surface area contributed by atoms with E-state index in [-0.39, 0.29) is 11.7 Å². The lowest BCUT2D eigenvalue weighted by Crippen LogP contribution is -2.28. The summed E-state index contributed by atoms with van der Waals surface area (Å²) in [6.45, 7) is 7.68. The summed E-state index contributed by atoms with van der Waals surface area (Å²) in [5.74, 6) is 0. The molecule has 0 fully saturated rings. The van der Waals surface area contributed by atoms with Crippen molar-refractivity contribution in [2.24, 2.45) is 5.73 Å². The van der Waals surface area contributed by atoms with E-state index in [9.17, 15) is 9.36 Å². The maximum absolute atomic E-state index is 12.7. The number of methoxy groups -OCH3 is 1. The van der Waals surface area contributed by atoms with Crippen LogP contribution in [0.15, 0.2) is 18.2 Å². The molecule has 0 heterocycles. The second-order valence-corrected chi connectivity index (χ2v) is 8.90. The van der Waals surface area contributed by atoms with Gasteiger partial charge in [-0.2, -0.15) is 0 Å².